The van der Waals surface area contributed by atoms with Crippen molar-refractivity contribution in [1.29, 1.82) is 0 Å². The molecule has 20 heavy (non-hydrogen) atoms. The summed E-state index contributed by atoms with van der Waals surface area (Å²) in [6.07, 6.45) is 2.34. The molecule has 0 aliphatic carbocycles. The van der Waals surface area contributed by atoms with Crippen molar-refractivity contribution in [3.63, 3.8) is 0 Å². The Labute approximate surface area is 125 Å². The lowest BCUT2D eigenvalue weighted by atomic mass is 10.0. The van der Waals surface area contributed by atoms with Gasteiger partial charge < -0.3 is 9.30 Å². The molecule has 1 aromatic heterocycles. The first-order valence-electron chi connectivity index (χ1n) is 7.28. The molecule has 1 unspecified atom stereocenters. The molecule has 0 aliphatic heterocycles. The third-order valence-corrected chi connectivity index (χ3v) is 4.13. The van der Waals surface area contributed by atoms with Crippen molar-refractivity contribution in [2.45, 2.75) is 45.5 Å². The van der Waals surface area contributed by atoms with Gasteiger partial charge >= 0.3 is 0 Å². The van der Waals surface area contributed by atoms with Crippen molar-refractivity contribution < 1.29 is 4.74 Å². The van der Waals surface area contributed by atoms with E-state index in [-0.39, 0.29) is 5.38 Å². The molecule has 0 fully saturated rings. The summed E-state index contributed by atoms with van der Waals surface area (Å²) < 4.78 is 7.54. The van der Waals surface area contributed by atoms with Crippen LogP contribution in [0.4, 0.5) is 0 Å². The van der Waals surface area contributed by atoms with E-state index in [0.717, 1.165) is 29.2 Å². The van der Waals surface area contributed by atoms with Gasteiger partial charge in [0.2, 0.25) is 0 Å². The number of ether oxygens (including phenoxy) is 1. The molecule has 3 nitrogen and oxygen atoms in total. The van der Waals surface area contributed by atoms with Crippen molar-refractivity contribution in [2.24, 2.45) is 5.92 Å². The van der Waals surface area contributed by atoms with Crippen LogP contribution in [0.25, 0.3) is 11.0 Å². The van der Waals surface area contributed by atoms with Crippen LogP contribution in [0, 0.1) is 5.92 Å². The molecule has 0 aliphatic rings. The van der Waals surface area contributed by atoms with Gasteiger partial charge in [-0.15, -0.1) is 11.6 Å². The average molecular weight is 295 g/mol. The van der Waals surface area contributed by atoms with Gasteiger partial charge in [0.05, 0.1) is 23.5 Å². The molecule has 0 amide bonds. The lowest BCUT2D eigenvalue weighted by molar-refractivity contribution is 0.414. The summed E-state index contributed by atoms with van der Waals surface area (Å²) in [4.78, 5) is 4.69. The average Bonchev–Trinajstić information content (AvgIpc) is 2.82. The largest absolute Gasteiger partial charge is 0.497 e. The fraction of sp³-hybridized carbons (Fsp3) is 0.562. The Balaban J connectivity index is 2.51. The highest BCUT2D eigenvalue weighted by molar-refractivity contribution is 6.20. The summed E-state index contributed by atoms with van der Waals surface area (Å²) >= 11 is 6.31. The van der Waals surface area contributed by atoms with Gasteiger partial charge in [0.25, 0.3) is 0 Å². The molecule has 0 bridgehead atoms. The van der Waals surface area contributed by atoms with Crippen LogP contribution in [0.15, 0.2) is 18.2 Å². The summed E-state index contributed by atoms with van der Waals surface area (Å²) in [5.74, 6) is 2.43. The second-order valence-electron chi connectivity index (χ2n) is 5.23. The molecule has 2 rings (SSSR count). The molecule has 0 saturated heterocycles. The fourth-order valence-electron chi connectivity index (χ4n) is 2.56. The second-order valence-corrected chi connectivity index (χ2v) is 5.89. The SMILES string of the molecule is CCC(CC)Cn1c(C(C)Cl)nc2cc(OC)ccc21. The number of fused-ring (bicyclic) bond motifs is 1. The molecule has 0 spiro atoms. The lowest BCUT2D eigenvalue weighted by Crippen LogP contribution is -2.12. The maximum atomic E-state index is 6.31. The summed E-state index contributed by atoms with van der Waals surface area (Å²) in [6, 6.07) is 6.03. The zero-order chi connectivity index (χ0) is 14.7. The van der Waals surface area contributed by atoms with Gasteiger partial charge in [0.15, 0.2) is 0 Å². The predicted octanol–water partition coefficient (Wildman–Crippen LogP) is 4.78. The highest BCUT2D eigenvalue weighted by Crippen LogP contribution is 2.28. The van der Waals surface area contributed by atoms with Gasteiger partial charge in [-0.3, -0.25) is 0 Å². The molecule has 110 valence electrons. The quantitative estimate of drug-likeness (QED) is 0.717. The van der Waals surface area contributed by atoms with Crippen molar-refractivity contribution in [3.8, 4) is 5.75 Å². The molecule has 0 N–H and O–H groups in total. The Hall–Kier alpha value is -1.22. The number of hydrogen-bond donors (Lipinski definition) is 0. The number of methoxy groups -OCH3 is 1. The molecular weight excluding hydrogens is 272 g/mol. The topological polar surface area (TPSA) is 27.1 Å². The van der Waals surface area contributed by atoms with E-state index in [2.05, 4.69) is 24.5 Å². The molecular formula is C16H23ClN2O. The first-order valence-corrected chi connectivity index (χ1v) is 7.72. The third kappa shape index (κ3) is 2.93. The fourth-order valence-corrected chi connectivity index (χ4v) is 2.72. The van der Waals surface area contributed by atoms with Gasteiger partial charge in [-0.1, -0.05) is 26.7 Å². The van der Waals surface area contributed by atoms with Crippen molar-refractivity contribution in [2.75, 3.05) is 7.11 Å². The van der Waals surface area contributed by atoms with Gasteiger partial charge in [-0.25, -0.2) is 4.98 Å². The van der Waals surface area contributed by atoms with E-state index in [1.165, 1.54) is 12.8 Å². The predicted molar refractivity (Wildman–Crippen MR) is 84.6 cm³/mol. The maximum Gasteiger partial charge on any atom is 0.127 e. The molecule has 4 heteroatoms. The van der Waals surface area contributed by atoms with Gasteiger partial charge in [0, 0.05) is 12.6 Å². The monoisotopic (exact) mass is 294 g/mol. The number of halogens is 1. The summed E-state index contributed by atoms with van der Waals surface area (Å²) in [6.45, 7) is 7.42. The zero-order valence-electron chi connectivity index (χ0n) is 12.7. The van der Waals surface area contributed by atoms with E-state index in [1.807, 2.05) is 19.1 Å². The Morgan fingerprint density at radius 2 is 2.00 bits per heavy atom. The zero-order valence-corrected chi connectivity index (χ0v) is 13.4. The highest BCUT2D eigenvalue weighted by Gasteiger charge is 2.17. The number of hydrogen-bond acceptors (Lipinski definition) is 2. The standard InChI is InChI=1S/C16H23ClN2O/c1-5-12(6-2)10-19-15-8-7-13(20-4)9-14(15)18-16(19)11(3)17/h7-9,11-12H,5-6,10H2,1-4H3. The molecule has 1 heterocycles. The van der Waals surface area contributed by atoms with Crippen LogP contribution in [-0.2, 0) is 6.54 Å². The van der Waals surface area contributed by atoms with E-state index in [4.69, 9.17) is 21.3 Å². The van der Waals surface area contributed by atoms with Crippen molar-refractivity contribution >= 4 is 22.6 Å². The Morgan fingerprint density at radius 1 is 1.30 bits per heavy atom. The second kappa shape index (κ2) is 6.49. The van der Waals surface area contributed by atoms with Crippen LogP contribution in [-0.4, -0.2) is 16.7 Å². The van der Waals surface area contributed by atoms with E-state index in [9.17, 15) is 0 Å². The first-order chi connectivity index (χ1) is 9.60. The van der Waals surface area contributed by atoms with Gasteiger partial charge in [-0.05, 0) is 25.0 Å². The smallest absolute Gasteiger partial charge is 0.127 e. The van der Waals surface area contributed by atoms with E-state index < -0.39 is 0 Å². The van der Waals surface area contributed by atoms with Gasteiger partial charge in [0.1, 0.15) is 11.6 Å². The van der Waals surface area contributed by atoms with Crippen LogP contribution in [0.3, 0.4) is 0 Å². The molecule has 0 radical (unpaired) electrons. The normalized spacial score (nSPS) is 13.1. The number of rotatable bonds is 6. The molecule has 1 aromatic carbocycles. The summed E-state index contributed by atoms with van der Waals surface area (Å²) in [7, 11) is 1.67. The summed E-state index contributed by atoms with van der Waals surface area (Å²) in [5.41, 5.74) is 2.10. The third-order valence-electron chi connectivity index (χ3n) is 3.94. The van der Waals surface area contributed by atoms with E-state index in [1.54, 1.807) is 7.11 Å². The Bertz CT molecular complexity index is 573. The summed E-state index contributed by atoms with van der Waals surface area (Å²) in [5, 5.41) is -0.0947. The Morgan fingerprint density at radius 3 is 2.55 bits per heavy atom. The number of nitrogens with zero attached hydrogens (tertiary/aromatic N) is 2. The minimum Gasteiger partial charge on any atom is -0.497 e. The van der Waals surface area contributed by atoms with Gasteiger partial charge in [-0.2, -0.15) is 0 Å². The van der Waals surface area contributed by atoms with Crippen LogP contribution >= 0.6 is 11.6 Å². The lowest BCUT2D eigenvalue weighted by Gasteiger charge is -2.17. The van der Waals surface area contributed by atoms with Crippen LogP contribution in [0.5, 0.6) is 5.75 Å². The van der Waals surface area contributed by atoms with Crippen molar-refractivity contribution in [1.82, 2.24) is 9.55 Å². The van der Waals surface area contributed by atoms with Crippen LogP contribution in [0.2, 0.25) is 0 Å². The molecule has 0 saturated carbocycles. The van der Waals surface area contributed by atoms with Crippen LogP contribution in [0.1, 0.15) is 44.8 Å². The first kappa shape index (κ1) is 15.2. The Kier molecular flexibility index (Phi) is 4.92. The molecule has 1 atom stereocenters. The minimum absolute atomic E-state index is 0.0947. The molecule has 2 aromatic rings. The van der Waals surface area contributed by atoms with Crippen LogP contribution < -0.4 is 4.74 Å². The van der Waals surface area contributed by atoms with E-state index >= 15 is 0 Å². The number of aromatic nitrogens is 2. The number of alkyl halides is 1. The minimum atomic E-state index is -0.0947. The van der Waals surface area contributed by atoms with E-state index in [0.29, 0.717) is 5.92 Å². The van der Waals surface area contributed by atoms with Crippen molar-refractivity contribution in [3.05, 3.63) is 24.0 Å². The highest BCUT2D eigenvalue weighted by atomic mass is 35.5. The number of imidazole rings is 1. The number of benzene rings is 1. The maximum absolute atomic E-state index is 6.31.